The third-order valence-corrected chi connectivity index (χ3v) is 4.76. The highest BCUT2D eigenvalue weighted by atomic mass is 35.5. The van der Waals surface area contributed by atoms with Crippen molar-refractivity contribution in [1.82, 2.24) is 5.32 Å². The van der Waals surface area contributed by atoms with Crippen LogP contribution < -0.4 is 10.6 Å². The molecular formula is C18H16Cl2N2O2. The van der Waals surface area contributed by atoms with Gasteiger partial charge in [0.25, 0.3) is 0 Å². The minimum absolute atomic E-state index is 0.149. The predicted molar refractivity (Wildman–Crippen MR) is 95.6 cm³/mol. The molecule has 1 aliphatic rings. The van der Waals surface area contributed by atoms with E-state index in [0.29, 0.717) is 28.7 Å². The number of nitrogens with one attached hydrogen (secondary N) is 2. The molecule has 0 spiro atoms. The average Bonchev–Trinajstić information content (AvgIpc) is 2.56. The normalized spacial score (nSPS) is 16.2. The van der Waals surface area contributed by atoms with Gasteiger partial charge in [0.2, 0.25) is 11.8 Å². The van der Waals surface area contributed by atoms with Crippen molar-refractivity contribution in [3.8, 4) is 0 Å². The number of halogens is 2. The molecule has 1 heterocycles. The highest BCUT2D eigenvalue weighted by molar-refractivity contribution is 6.36. The van der Waals surface area contributed by atoms with Gasteiger partial charge in [-0.2, -0.15) is 0 Å². The molecule has 0 saturated carbocycles. The van der Waals surface area contributed by atoms with Crippen LogP contribution in [-0.2, 0) is 16.0 Å². The predicted octanol–water partition coefficient (Wildman–Crippen LogP) is 3.78. The van der Waals surface area contributed by atoms with Gasteiger partial charge >= 0.3 is 0 Å². The van der Waals surface area contributed by atoms with Gasteiger partial charge in [-0.3, -0.25) is 9.59 Å². The first-order valence-corrected chi connectivity index (χ1v) is 8.41. The Morgan fingerprint density at radius 1 is 1.12 bits per heavy atom. The maximum atomic E-state index is 12.5. The topological polar surface area (TPSA) is 58.2 Å². The molecule has 24 heavy (non-hydrogen) atoms. The molecule has 1 atom stereocenters. The van der Waals surface area contributed by atoms with Crippen molar-refractivity contribution in [1.29, 1.82) is 0 Å². The zero-order valence-corrected chi connectivity index (χ0v) is 14.3. The fraction of sp³-hybridized carbons (Fsp3) is 0.222. The Labute approximate surface area is 150 Å². The SMILES string of the molecule is O=C1CC(C(=O)NCCc2c(Cl)cccc2Cl)c2ccccc2N1. The fourth-order valence-electron chi connectivity index (χ4n) is 2.85. The summed E-state index contributed by atoms with van der Waals surface area (Å²) in [7, 11) is 0. The Kier molecular flexibility index (Phi) is 5.07. The van der Waals surface area contributed by atoms with E-state index in [1.54, 1.807) is 24.3 Å². The largest absolute Gasteiger partial charge is 0.355 e. The Bertz CT molecular complexity index is 772. The molecule has 0 aromatic heterocycles. The molecule has 1 unspecified atom stereocenters. The number of anilines is 1. The van der Waals surface area contributed by atoms with Gasteiger partial charge in [0.05, 0.1) is 5.92 Å². The maximum Gasteiger partial charge on any atom is 0.228 e. The van der Waals surface area contributed by atoms with Gasteiger partial charge in [-0.25, -0.2) is 0 Å². The molecule has 0 fully saturated rings. The highest BCUT2D eigenvalue weighted by Crippen LogP contribution is 2.32. The molecule has 2 N–H and O–H groups in total. The molecule has 1 aliphatic heterocycles. The second kappa shape index (κ2) is 7.24. The monoisotopic (exact) mass is 362 g/mol. The van der Waals surface area contributed by atoms with E-state index in [4.69, 9.17) is 23.2 Å². The van der Waals surface area contributed by atoms with E-state index in [2.05, 4.69) is 10.6 Å². The van der Waals surface area contributed by atoms with E-state index in [1.807, 2.05) is 18.2 Å². The van der Waals surface area contributed by atoms with Crippen LogP contribution in [0.5, 0.6) is 0 Å². The van der Waals surface area contributed by atoms with Crippen molar-refractivity contribution in [2.24, 2.45) is 0 Å². The summed E-state index contributed by atoms with van der Waals surface area (Å²) in [6.45, 7) is 0.405. The average molecular weight is 363 g/mol. The molecular weight excluding hydrogens is 347 g/mol. The van der Waals surface area contributed by atoms with E-state index in [-0.39, 0.29) is 18.2 Å². The van der Waals surface area contributed by atoms with Crippen molar-refractivity contribution >= 4 is 40.7 Å². The fourth-order valence-corrected chi connectivity index (χ4v) is 3.44. The van der Waals surface area contributed by atoms with E-state index in [1.165, 1.54) is 0 Å². The molecule has 0 saturated heterocycles. The Morgan fingerprint density at radius 3 is 2.58 bits per heavy atom. The van der Waals surface area contributed by atoms with Gasteiger partial charge in [-0.1, -0.05) is 47.5 Å². The number of rotatable bonds is 4. The summed E-state index contributed by atoms with van der Waals surface area (Å²) >= 11 is 12.3. The summed E-state index contributed by atoms with van der Waals surface area (Å²) in [6, 6.07) is 12.7. The van der Waals surface area contributed by atoms with Crippen molar-refractivity contribution in [2.45, 2.75) is 18.8 Å². The smallest absolute Gasteiger partial charge is 0.228 e. The molecule has 2 aromatic carbocycles. The van der Waals surface area contributed by atoms with Crippen LogP contribution in [0.2, 0.25) is 10.0 Å². The van der Waals surface area contributed by atoms with Crippen LogP contribution in [0.4, 0.5) is 5.69 Å². The third kappa shape index (κ3) is 3.55. The summed E-state index contributed by atoms with van der Waals surface area (Å²) in [6.07, 6.45) is 0.681. The molecule has 0 bridgehead atoms. The summed E-state index contributed by atoms with van der Waals surface area (Å²) in [5.41, 5.74) is 2.34. The van der Waals surface area contributed by atoms with Gasteiger partial charge in [0.1, 0.15) is 0 Å². The van der Waals surface area contributed by atoms with Crippen LogP contribution in [0.15, 0.2) is 42.5 Å². The molecule has 124 valence electrons. The van der Waals surface area contributed by atoms with Crippen LogP contribution in [0.3, 0.4) is 0 Å². The zero-order valence-electron chi connectivity index (χ0n) is 12.8. The second-order valence-corrected chi connectivity index (χ2v) is 6.45. The molecule has 2 amide bonds. The van der Waals surface area contributed by atoms with E-state index < -0.39 is 5.92 Å². The van der Waals surface area contributed by atoms with E-state index in [9.17, 15) is 9.59 Å². The van der Waals surface area contributed by atoms with Gasteiger partial charge in [-0.05, 0) is 35.7 Å². The van der Waals surface area contributed by atoms with Crippen LogP contribution in [-0.4, -0.2) is 18.4 Å². The van der Waals surface area contributed by atoms with Crippen LogP contribution in [0, 0.1) is 0 Å². The van der Waals surface area contributed by atoms with Crippen molar-refractivity contribution in [2.75, 3.05) is 11.9 Å². The Hall–Kier alpha value is -2.04. The summed E-state index contributed by atoms with van der Waals surface area (Å²) in [5.74, 6) is -0.792. The number of benzene rings is 2. The third-order valence-electron chi connectivity index (χ3n) is 4.05. The van der Waals surface area contributed by atoms with Crippen LogP contribution in [0.1, 0.15) is 23.5 Å². The first-order chi connectivity index (χ1) is 11.6. The van der Waals surface area contributed by atoms with Crippen LogP contribution >= 0.6 is 23.2 Å². The molecule has 3 rings (SSSR count). The molecule has 0 aliphatic carbocycles. The number of hydrogen-bond acceptors (Lipinski definition) is 2. The van der Waals surface area contributed by atoms with Crippen LogP contribution in [0.25, 0.3) is 0 Å². The first kappa shape index (κ1) is 16.8. The number of fused-ring (bicyclic) bond motifs is 1. The number of hydrogen-bond donors (Lipinski definition) is 2. The summed E-state index contributed by atoms with van der Waals surface area (Å²) < 4.78 is 0. The van der Waals surface area contributed by atoms with Gasteiger partial charge in [0, 0.05) is 28.7 Å². The molecule has 0 radical (unpaired) electrons. The van der Waals surface area contributed by atoms with Crippen molar-refractivity contribution in [3.05, 3.63) is 63.6 Å². The number of carbonyl (C=O) groups excluding carboxylic acids is 2. The number of carbonyl (C=O) groups is 2. The lowest BCUT2D eigenvalue weighted by molar-refractivity contribution is -0.126. The highest BCUT2D eigenvalue weighted by Gasteiger charge is 2.30. The lowest BCUT2D eigenvalue weighted by Crippen LogP contribution is -2.36. The molecule has 4 nitrogen and oxygen atoms in total. The van der Waals surface area contributed by atoms with Gasteiger partial charge in [0.15, 0.2) is 0 Å². The number of para-hydroxylation sites is 1. The maximum absolute atomic E-state index is 12.5. The van der Waals surface area contributed by atoms with Crippen molar-refractivity contribution in [3.63, 3.8) is 0 Å². The van der Waals surface area contributed by atoms with Gasteiger partial charge < -0.3 is 10.6 Å². The standard InChI is InChI=1S/C18H16Cl2N2O2/c19-14-5-3-6-15(20)12(14)8-9-21-18(24)13-10-17(23)22-16-7-2-1-4-11(13)16/h1-7,13H,8-10H2,(H,21,24)(H,22,23). The summed E-state index contributed by atoms with van der Waals surface area (Å²) in [5, 5.41) is 6.83. The second-order valence-electron chi connectivity index (χ2n) is 5.63. The first-order valence-electron chi connectivity index (χ1n) is 7.65. The Morgan fingerprint density at radius 2 is 1.83 bits per heavy atom. The van der Waals surface area contributed by atoms with Gasteiger partial charge in [-0.15, -0.1) is 0 Å². The zero-order chi connectivity index (χ0) is 17.1. The summed E-state index contributed by atoms with van der Waals surface area (Å²) in [4.78, 5) is 24.3. The lowest BCUT2D eigenvalue weighted by atomic mass is 9.90. The minimum Gasteiger partial charge on any atom is -0.355 e. The van der Waals surface area contributed by atoms with Crippen molar-refractivity contribution < 1.29 is 9.59 Å². The molecule has 6 heteroatoms. The molecule has 2 aromatic rings. The quantitative estimate of drug-likeness (QED) is 0.869. The van der Waals surface area contributed by atoms with E-state index in [0.717, 1.165) is 11.1 Å². The number of amides is 2. The minimum atomic E-state index is -0.475. The lowest BCUT2D eigenvalue weighted by Gasteiger charge is -2.24. The Balaban J connectivity index is 1.67. The van der Waals surface area contributed by atoms with E-state index >= 15 is 0 Å².